The van der Waals surface area contributed by atoms with E-state index < -0.39 is 23.7 Å². The molecule has 30 heavy (non-hydrogen) atoms. The second-order valence-electron chi connectivity index (χ2n) is 7.44. The Morgan fingerprint density at radius 1 is 1.17 bits per heavy atom. The number of hydrogen-bond donors (Lipinski definition) is 1. The van der Waals surface area contributed by atoms with Gasteiger partial charge in [0.1, 0.15) is 6.04 Å². The number of rotatable bonds is 5. The van der Waals surface area contributed by atoms with Crippen LogP contribution in [0.1, 0.15) is 33.5 Å². The van der Waals surface area contributed by atoms with Gasteiger partial charge in [0.2, 0.25) is 0 Å². The maximum Gasteiger partial charge on any atom is 0.416 e. The Bertz CT molecular complexity index is 913. The van der Waals surface area contributed by atoms with Gasteiger partial charge >= 0.3 is 12.1 Å². The van der Waals surface area contributed by atoms with Crippen LogP contribution in [0.5, 0.6) is 0 Å². The van der Waals surface area contributed by atoms with E-state index in [1.165, 1.54) is 7.11 Å². The SMILES string of the molecule is COC(=O)[C@@H]1C[C@@H](NC(=O)c2ccc(C(F)(F)F)cc2)CN1Cc1cccc(C)c1. The van der Waals surface area contributed by atoms with Crippen LogP contribution in [0.25, 0.3) is 0 Å². The Morgan fingerprint density at radius 3 is 2.47 bits per heavy atom. The summed E-state index contributed by atoms with van der Waals surface area (Å²) < 4.78 is 43.0. The van der Waals surface area contributed by atoms with Gasteiger partial charge in [-0.25, -0.2) is 0 Å². The molecule has 1 aliphatic rings. The van der Waals surface area contributed by atoms with Gasteiger partial charge in [-0.15, -0.1) is 0 Å². The van der Waals surface area contributed by atoms with E-state index in [-0.39, 0.29) is 17.6 Å². The van der Waals surface area contributed by atoms with Crippen molar-refractivity contribution in [2.24, 2.45) is 0 Å². The summed E-state index contributed by atoms with van der Waals surface area (Å²) in [5.41, 5.74) is 1.47. The van der Waals surface area contributed by atoms with Crippen LogP contribution < -0.4 is 5.32 Å². The maximum absolute atomic E-state index is 12.7. The van der Waals surface area contributed by atoms with E-state index in [1.54, 1.807) is 0 Å². The lowest BCUT2D eigenvalue weighted by Crippen LogP contribution is -2.37. The van der Waals surface area contributed by atoms with Gasteiger partial charge in [0, 0.05) is 24.7 Å². The third-order valence-corrected chi connectivity index (χ3v) is 5.15. The monoisotopic (exact) mass is 420 g/mol. The summed E-state index contributed by atoms with van der Waals surface area (Å²) in [5.74, 6) is -0.858. The molecule has 0 radical (unpaired) electrons. The van der Waals surface area contributed by atoms with Crippen LogP contribution in [0.15, 0.2) is 48.5 Å². The van der Waals surface area contributed by atoms with Crippen molar-refractivity contribution in [3.05, 3.63) is 70.8 Å². The number of esters is 1. The molecule has 5 nitrogen and oxygen atoms in total. The first kappa shape index (κ1) is 21.8. The van der Waals surface area contributed by atoms with Crippen LogP contribution >= 0.6 is 0 Å². The average Bonchev–Trinajstić information content (AvgIpc) is 3.08. The van der Waals surface area contributed by atoms with Crippen molar-refractivity contribution in [1.82, 2.24) is 10.2 Å². The lowest BCUT2D eigenvalue weighted by molar-refractivity contribution is -0.146. The number of hydrogen-bond acceptors (Lipinski definition) is 4. The Morgan fingerprint density at radius 2 is 1.87 bits per heavy atom. The minimum absolute atomic E-state index is 0.134. The van der Waals surface area contributed by atoms with Gasteiger partial charge in [0.25, 0.3) is 5.91 Å². The van der Waals surface area contributed by atoms with Gasteiger partial charge in [-0.3, -0.25) is 14.5 Å². The molecule has 160 valence electrons. The van der Waals surface area contributed by atoms with Crippen molar-refractivity contribution in [2.75, 3.05) is 13.7 Å². The number of carbonyl (C=O) groups is 2. The highest BCUT2D eigenvalue weighted by atomic mass is 19.4. The highest BCUT2D eigenvalue weighted by Crippen LogP contribution is 2.29. The molecule has 2 aromatic rings. The average molecular weight is 420 g/mol. The van der Waals surface area contributed by atoms with Crippen LogP contribution in [0.3, 0.4) is 0 Å². The topological polar surface area (TPSA) is 58.6 Å². The van der Waals surface area contributed by atoms with Crippen LogP contribution in [0.2, 0.25) is 0 Å². The molecule has 8 heteroatoms. The number of nitrogens with one attached hydrogen (secondary N) is 1. The van der Waals surface area contributed by atoms with Crippen molar-refractivity contribution in [3.8, 4) is 0 Å². The number of alkyl halides is 3. The molecule has 1 N–H and O–H groups in total. The van der Waals surface area contributed by atoms with Gasteiger partial charge in [-0.2, -0.15) is 13.2 Å². The zero-order chi connectivity index (χ0) is 21.9. The van der Waals surface area contributed by atoms with E-state index in [0.29, 0.717) is 19.5 Å². The van der Waals surface area contributed by atoms with Crippen LogP contribution in [0, 0.1) is 6.92 Å². The molecular formula is C22H23F3N2O3. The summed E-state index contributed by atoms with van der Waals surface area (Å²) in [6, 6.07) is 11.1. The molecule has 0 spiro atoms. The highest BCUT2D eigenvalue weighted by Gasteiger charge is 2.38. The second kappa shape index (κ2) is 8.87. The fourth-order valence-corrected chi connectivity index (χ4v) is 3.69. The number of amides is 1. The van der Waals surface area contributed by atoms with Crippen molar-refractivity contribution < 1.29 is 27.5 Å². The molecular weight excluding hydrogens is 397 g/mol. The van der Waals surface area contributed by atoms with E-state index in [2.05, 4.69) is 5.32 Å². The molecule has 0 aromatic heterocycles. The fourth-order valence-electron chi connectivity index (χ4n) is 3.69. The molecule has 2 atom stereocenters. The van der Waals surface area contributed by atoms with E-state index >= 15 is 0 Å². The fraction of sp³-hybridized carbons (Fsp3) is 0.364. The largest absolute Gasteiger partial charge is 0.468 e. The van der Waals surface area contributed by atoms with Crippen molar-refractivity contribution in [2.45, 2.75) is 38.1 Å². The lowest BCUT2D eigenvalue weighted by Gasteiger charge is -2.22. The predicted molar refractivity (Wildman–Crippen MR) is 105 cm³/mol. The molecule has 1 saturated heterocycles. The minimum Gasteiger partial charge on any atom is -0.468 e. The van der Waals surface area contributed by atoms with Gasteiger partial charge < -0.3 is 10.1 Å². The van der Waals surface area contributed by atoms with Gasteiger partial charge in [0.05, 0.1) is 12.7 Å². The summed E-state index contributed by atoms with van der Waals surface area (Å²) in [4.78, 5) is 26.7. The minimum atomic E-state index is -4.45. The number of methoxy groups -OCH3 is 1. The van der Waals surface area contributed by atoms with Crippen LogP contribution in [0.4, 0.5) is 13.2 Å². The van der Waals surface area contributed by atoms with Crippen LogP contribution in [-0.2, 0) is 22.3 Å². The number of halogens is 3. The van der Waals surface area contributed by atoms with Crippen LogP contribution in [-0.4, -0.2) is 42.5 Å². The third-order valence-electron chi connectivity index (χ3n) is 5.15. The second-order valence-corrected chi connectivity index (χ2v) is 7.44. The molecule has 1 fully saturated rings. The molecule has 0 aliphatic carbocycles. The van der Waals surface area contributed by atoms with E-state index in [4.69, 9.17) is 4.74 Å². The quantitative estimate of drug-likeness (QED) is 0.752. The first-order chi connectivity index (χ1) is 14.2. The summed E-state index contributed by atoms with van der Waals surface area (Å²) in [6.45, 7) is 2.94. The lowest BCUT2D eigenvalue weighted by atomic mass is 10.1. The molecule has 0 unspecified atom stereocenters. The molecule has 1 amide bonds. The van der Waals surface area contributed by atoms with E-state index in [0.717, 1.165) is 35.4 Å². The van der Waals surface area contributed by atoms with Gasteiger partial charge in [-0.05, 0) is 43.2 Å². The molecule has 2 aromatic carbocycles. The predicted octanol–water partition coefficient (Wildman–Crippen LogP) is 3.56. The Kier molecular flexibility index (Phi) is 6.45. The first-order valence-corrected chi connectivity index (χ1v) is 9.53. The summed E-state index contributed by atoms with van der Waals surface area (Å²) in [5, 5.41) is 2.82. The number of aryl methyl sites for hydroxylation is 1. The van der Waals surface area contributed by atoms with E-state index in [1.807, 2.05) is 36.1 Å². The summed E-state index contributed by atoms with van der Waals surface area (Å²) >= 11 is 0. The van der Waals surface area contributed by atoms with Crippen molar-refractivity contribution >= 4 is 11.9 Å². The molecule has 1 heterocycles. The zero-order valence-electron chi connectivity index (χ0n) is 16.7. The summed E-state index contributed by atoms with van der Waals surface area (Å²) in [6.07, 6.45) is -4.09. The zero-order valence-corrected chi connectivity index (χ0v) is 16.7. The van der Waals surface area contributed by atoms with Gasteiger partial charge in [0.15, 0.2) is 0 Å². The molecule has 1 aliphatic heterocycles. The van der Waals surface area contributed by atoms with Crippen molar-refractivity contribution in [1.29, 1.82) is 0 Å². The number of nitrogens with zero attached hydrogens (tertiary/aromatic N) is 1. The Hall–Kier alpha value is -2.87. The number of benzene rings is 2. The number of ether oxygens (including phenoxy) is 1. The third kappa shape index (κ3) is 5.18. The number of carbonyl (C=O) groups excluding carboxylic acids is 2. The first-order valence-electron chi connectivity index (χ1n) is 9.53. The summed E-state index contributed by atoms with van der Waals surface area (Å²) in [7, 11) is 1.32. The maximum atomic E-state index is 12.7. The molecule has 3 rings (SSSR count). The standard InChI is InChI=1S/C22H23F3N2O3/c1-14-4-3-5-15(10-14)12-27-13-18(11-19(27)21(29)30-2)26-20(28)16-6-8-17(9-7-16)22(23,24)25/h3-10,18-19H,11-13H2,1-2H3,(H,26,28)/t18-,19+/m1/s1. The molecule has 0 saturated carbocycles. The highest BCUT2D eigenvalue weighted by molar-refractivity contribution is 5.94. The normalized spacial score (nSPS) is 19.5. The Balaban J connectivity index is 1.68. The van der Waals surface area contributed by atoms with Crippen molar-refractivity contribution in [3.63, 3.8) is 0 Å². The van der Waals surface area contributed by atoms with Gasteiger partial charge in [-0.1, -0.05) is 29.8 Å². The molecule has 0 bridgehead atoms. The number of likely N-dealkylation sites (tertiary alicyclic amines) is 1. The Labute approximate surface area is 172 Å². The van der Waals surface area contributed by atoms with E-state index in [9.17, 15) is 22.8 Å². The smallest absolute Gasteiger partial charge is 0.416 e.